The van der Waals surface area contributed by atoms with Gasteiger partial charge in [0.1, 0.15) is 0 Å². The summed E-state index contributed by atoms with van der Waals surface area (Å²) in [5.74, 6) is 8.87. The third-order valence-corrected chi connectivity index (χ3v) is 3.82. The number of terminal acetylenes is 1. The van der Waals surface area contributed by atoms with Crippen LogP contribution in [0.3, 0.4) is 0 Å². The minimum absolute atomic E-state index is 0.447. The molecule has 1 heterocycles. The Hall–Kier alpha value is -2.81. The summed E-state index contributed by atoms with van der Waals surface area (Å²) in [5.41, 5.74) is -3.38. The fourth-order valence-corrected chi connectivity index (χ4v) is 1.77. The van der Waals surface area contributed by atoms with Crippen LogP contribution in [-0.4, -0.2) is 21.0 Å². The van der Waals surface area contributed by atoms with Gasteiger partial charge in [0.2, 0.25) is 6.54 Å². The van der Waals surface area contributed by atoms with E-state index in [-0.39, 0.29) is 0 Å². The second-order valence-electron chi connectivity index (χ2n) is 4.60. The van der Waals surface area contributed by atoms with E-state index in [4.69, 9.17) is 6.42 Å². The van der Waals surface area contributed by atoms with E-state index in [1.165, 1.54) is 0 Å². The van der Waals surface area contributed by atoms with E-state index in [0.29, 0.717) is 13.7 Å². The smallest absolute Gasteiger partial charge is 0.267 e. The summed E-state index contributed by atoms with van der Waals surface area (Å²) in [7, 11) is -4.89. The molecule has 0 saturated heterocycles. The Bertz CT molecular complexity index is 922. The lowest BCUT2D eigenvalue weighted by Crippen LogP contribution is -2.36. The molecule has 0 N–H and O–H groups in total. The number of hydrogen-bond acceptors (Lipinski definition) is 3. The molecule has 0 bridgehead atoms. The van der Waals surface area contributed by atoms with E-state index in [0.717, 1.165) is 11.3 Å². The van der Waals surface area contributed by atoms with Crippen molar-refractivity contribution in [2.24, 2.45) is 0 Å². The van der Waals surface area contributed by atoms with Gasteiger partial charge in [-0.15, -0.1) is 6.42 Å². The highest BCUT2D eigenvalue weighted by Gasteiger charge is 2.46. The fraction of sp³-hybridized carbons (Fsp3) is 0.167. The molecule has 1 aromatic heterocycles. The lowest BCUT2D eigenvalue weighted by Gasteiger charge is -2.02. The molecule has 0 aliphatic carbocycles. The molecule has 0 amide bonds. The molecular formula is C18H15F3NO3S+. The van der Waals surface area contributed by atoms with Crippen molar-refractivity contribution in [2.75, 3.05) is 7.11 Å². The second-order valence-corrected chi connectivity index (χ2v) is 6.30. The maximum absolute atomic E-state index is 11.1. The lowest BCUT2D eigenvalue weighted by molar-refractivity contribution is -0.687. The Kier molecular flexibility index (Phi) is 7.85. The number of nitrogens with zero attached hydrogens (tertiary/aromatic N) is 1. The van der Waals surface area contributed by atoms with Crippen molar-refractivity contribution < 1.29 is 30.3 Å². The Morgan fingerprint density at radius 3 is 2.19 bits per heavy atom. The van der Waals surface area contributed by atoms with Crippen LogP contribution in [0.2, 0.25) is 0 Å². The summed E-state index contributed by atoms with van der Waals surface area (Å²) in [6, 6.07) is 15.8. The average molecular weight is 382 g/mol. The van der Waals surface area contributed by atoms with E-state index in [1.54, 1.807) is 0 Å². The van der Waals surface area contributed by atoms with Crippen LogP contribution in [0.15, 0.2) is 54.7 Å². The van der Waals surface area contributed by atoms with E-state index in [2.05, 4.69) is 21.9 Å². The van der Waals surface area contributed by atoms with E-state index < -0.39 is 15.6 Å². The monoisotopic (exact) mass is 382 g/mol. The standard InChI is InChI=1S/C16H12N.C2H3F3O3S/c1-2-13-17-14-7-6-10-16(17)12-11-15-8-4-3-5-9-15;1-8-9(6,7)2(3,4)5/h1,3-10,14H,13H2;1H3/q+1;. The van der Waals surface area contributed by atoms with Gasteiger partial charge in [0, 0.05) is 23.6 Å². The van der Waals surface area contributed by atoms with Crippen LogP contribution in [0.1, 0.15) is 11.3 Å². The zero-order valence-corrected chi connectivity index (χ0v) is 14.5. The number of benzene rings is 1. The van der Waals surface area contributed by atoms with Crippen molar-refractivity contribution in [3.05, 3.63) is 66.0 Å². The van der Waals surface area contributed by atoms with Gasteiger partial charge in [-0.3, -0.25) is 4.18 Å². The van der Waals surface area contributed by atoms with Gasteiger partial charge in [0.05, 0.1) is 7.11 Å². The minimum atomic E-state index is -5.34. The molecule has 2 aromatic rings. The Morgan fingerprint density at radius 1 is 1.08 bits per heavy atom. The van der Waals surface area contributed by atoms with E-state index in [1.807, 2.05) is 59.3 Å². The van der Waals surface area contributed by atoms with Crippen molar-refractivity contribution in [3.63, 3.8) is 0 Å². The SMILES string of the molecule is C#CC[n+]1ccccc1C#Cc1ccccc1.COS(=O)(=O)C(F)(F)F. The normalized spacial score (nSPS) is 10.6. The molecule has 0 spiro atoms. The maximum atomic E-state index is 11.1. The lowest BCUT2D eigenvalue weighted by atomic mass is 10.2. The zero-order chi connectivity index (χ0) is 19.6. The first-order chi connectivity index (χ1) is 12.2. The summed E-state index contributed by atoms with van der Waals surface area (Å²) in [6.45, 7) is 0.541. The maximum Gasteiger partial charge on any atom is 0.523 e. The summed E-state index contributed by atoms with van der Waals surface area (Å²) in [6.07, 6.45) is 7.26. The van der Waals surface area contributed by atoms with E-state index >= 15 is 0 Å². The summed E-state index contributed by atoms with van der Waals surface area (Å²) < 4.78 is 57.8. The highest BCUT2D eigenvalue weighted by Crippen LogP contribution is 2.23. The molecule has 2 rings (SSSR count). The fourth-order valence-electron chi connectivity index (χ4n) is 1.58. The number of alkyl halides is 3. The quantitative estimate of drug-likeness (QED) is 0.347. The number of aromatic nitrogens is 1. The molecule has 4 nitrogen and oxygen atoms in total. The first-order valence-corrected chi connectivity index (χ1v) is 8.48. The molecular weight excluding hydrogens is 367 g/mol. The van der Waals surface area contributed by atoms with Crippen LogP contribution >= 0.6 is 0 Å². The molecule has 8 heteroatoms. The number of pyridine rings is 1. The van der Waals surface area contributed by atoms with Crippen LogP contribution in [0.25, 0.3) is 0 Å². The zero-order valence-electron chi connectivity index (χ0n) is 13.7. The molecule has 0 saturated carbocycles. The van der Waals surface area contributed by atoms with Gasteiger partial charge in [-0.2, -0.15) is 26.2 Å². The van der Waals surface area contributed by atoms with Crippen LogP contribution < -0.4 is 4.57 Å². The molecule has 26 heavy (non-hydrogen) atoms. The highest BCUT2D eigenvalue weighted by atomic mass is 32.2. The van der Waals surface area contributed by atoms with Gasteiger partial charge in [-0.25, -0.2) is 0 Å². The average Bonchev–Trinajstić information content (AvgIpc) is 2.62. The van der Waals surface area contributed by atoms with Crippen LogP contribution in [0.5, 0.6) is 0 Å². The summed E-state index contributed by atoms with van der Waals surface area (Å²) in [5, 5.41) is 0. The first-order valence-electron chi connectivity index (χ1n) is 7.07. The topological polar surface area (TPSA) is 47.2 Å². The number of hydrogen-bond donors (Lipinski definition) is 0. The molecule has 0 unspecified atom stereocenters. The Labute approximate surface area is 150 Å². The molecule has 1 aromatic carbocycles. The van der Waals surface area contributed by atoms with Gasteiger partial charge >= 0.3 is 15.6 Å². The third kappa shape index (κ3) is 6.60. The summed E-state index contributed by atoms with van der Waals surface area (Å²) >= 11 is 0. The Morgan fingerprint density at radius 2 is 1.69 bits per heavy atom. The predicted octanol–water partition coefficient (Wildman–Crippen LogP) is 2.49. The molecule has 0 aliphatic rings. The van der Waals surface area contributed by atoms with Crippen LogP contribution in [-0.2, 0) is 20.8 Å². The van der Waals surface area contributed by atoms with Crippen LogP contribution in [0, 0.1) is 24.2 Å². The number of halogens is 3. The third-order valence-electron chi connectivity index (χ3n) is 2.81. The van der Waals surface area contributed by atoms with Crippen molar-refractivity contribution in [2.45, 2.75) is 12.1 Å². The number of rotatable bonds is 2. The van der Waals surface area contributed by atoms with Crippen molar-refractivity contribution in [3.8, 4) is 24.2 Å². The van der Waals surface area contributed by atoms with Gasteiger partial charge < -0.3 is 0 Å². The Balaban J connectivity index is 0.000000321. The highest BCUT2D eigenvalue weighted by molar-refractivity contribution is 7.87. The molecule has 0 atom stereocenters. The van der Waals surface area contributed by atoms with Crippen molar-refractivity contribution in [1.29, 1.82) is 0 Å². The van der Waals surface area contributed by atoms with Gasteiger partial charge in [-0.1, -0.05) is 24.1 Å². The minimum Gasteiger partial charge on any atom is -0.267 e. The van der Waals surface area contributed by atoms with Gasteiger partial charge in [0.15, 0.2) is 6.20 Å². The van der Waals surface area contributed by atoms with E-state index in [9.17, 15) is 21.6 Å². The van der Waals surface area contributed by atoms with Crippen LogP contribution in [0.4, 0.5) is 13.2 Å². The molecule has 0 aliphatic heterocycles. The van der Waals surface area contributed by atoms with Crippen molar-refractivity contribution in [1.82, 2.24) is 0 Å². The van der Waals surface area contributed by atoms with Crippen molar-refractivity contribution >= 4 is 10.1 Å². The largest absolute Gasteiger partial charge is 0.523 e. The first kappa shape index (κ1) is 21.2. The van der Waals surface area contributed by atoms with Gasteiger partial charge in [-0.05, 0) is 24.1 Å². The molecule has 0 fully saturated rings. The summed E-state index contributed by atoms with van der Waals surface area (Å²) in [4.78, 5) is 0. The molecule has 136 valence electrons. The van der Waals surface area contributed by atoms with Gasteiger partial charge in [0.25, 0.3) is 5.69 Å². The predicted molar refractivity (Wildman–Crippen MR) is 89.9 cm³/mol. The second kappa shape index (κ2) is 9.62. The molecule has 0 radical (unpaired) electrons.